The molecule has 218 valence electrons. The van der Waals surface area contributed by atoms with E-state index in [1.165, 1.54) is 35.9 Å². The molecule has 3 aromatic rings. The van der Waals surface area contributed by atoms with Crippen molar-refractivity contribution in [3.05, 3.63) is 87.9 Å². The van der Waals surface area contributed by atoms with Gasteiger partial charge in [-0.05, 0) is 55.7 Å². The molecule has 2 aliphatic rings. The molecule has 1 saturated carbocycles. The van der Waals surface area contributed by atoms with E-state index < -0.39 is 49.3 Å². The molecule has 1 spiro atoms. The fourth-order valence-corrected chi connectivity index (χ4v) is 6.32. The van der Waals surface area contributed by atoms with Crippen LogP contribution in [-0.4, -0.2) is 45.5 Å². The van der Waals surface area contributed by atoms with Gasteiger partial charge < -0.3 is 24.8 Å². The molecule has 1 aliphatic heterocycles. The number of nitrogen functional groups attached to an aromatic ring is 1. The first-order valence-corrected chi connectivity index (χ1v) is 14.9. The van der Waals surface area contributed by atoms with E-state index in [9.17, 15) is 19.3 Å². The van der Waals surface area contributed by atoms with Crippen LogP contribution in [0.4, 0.5) is 5.82 Å². The van der Waals surface area contributed by atoms with Crippen molar-refractivity contribution in [1.29, 1.82) is 0 Å². The Balaban J connectivity index is 1.29. The number of esters is 1. The fourth-order valence-electron chi connectivity index (χ4n) is 4.70. The van der Waals surface area contributed by atoms with E-state index in [0.717, 1.165) is 5.56 Å². The van der Waals surface area contributed by atoms with E-state index in [1.54, 1.807) is 12.1 Å². The van der Waals surface area contributed by atoms with Crippen LogP contribution in [0.25, 0.3) is 0 Å². The van der Waals surface area contributed by atoms with Gasteiger partial charge in [0, 0.05) is 16.6 Å². The second-order valence-corrected chi connectivity index (χ2v) is 12.2. The molecule has 2 heterocycles. The summed E-state index contributed by atoms with van der Waals surface area (Å²) < 4.78 is 38.0. The molecule has 0 radical (unpaired) electrons. The maximum absolute atomic E-state index is 13.9. The minimum atomic E-state index is -4.25. The van der Waals surface area contributed by atoms with Crippen molar-refractivity contribution in [3.8, 4) is 5.75 Å². The average molecular weight is 605 g/mol. The number of benzene rings is 2. The SMILES string of the molecule is CC(NP(=O)(OCC1OC(n2ccc(N)nc2=O)C2(CC2)C1O)Oc1ccc(Cl)cc1)C(=O)OCc1ccccc1. The van der Waals surface area contributed by atoms with E-state index in [1.807, 2.05) is 30.3 Å². The lowest BCUT2D eigenvalue weighted by Gasteiger charge is -2.24. The molecule has 1 aromatic heterocycles. The van der Waals surface area contributed by atoms with Crippen LogP contribution in [0.3, 0.4) is 0 Å². The third-order valence-electron chi connectivity index (χ3n) is 7.05. The lowest BCUT2D eigenvalue weighted by Crippen LogP contribution is -2.37. The van der Waals surface area contributed by atoms with Gasteiger partial charge in [-0.1, -0.05) is 41.9 Å². The van der Waals surface area contributed by atoms with E-state index >= 15 is 0 Å². The Bertz CT molecular complexity index is 1480. The number of ether oxygens (including phenoxy) is 2. The van der Waals surface area contributed by atoms with Crippen molar-refractivity contribution < 1.29 is 33.0 Å². The van der Waals surface area contributed by atoms with Crippen molar-refractivity contribution in [2.24, 2.45) is 5.41 Å². The van der Waals surface area contributed by atoms with Gasteiger partial charge in [-0.25, -0.2) is 9.36 Å². The number of aliphatic hydroxyl groups is 1. The standard InChI is InChI=1S/C27H30ClN4O8P/c1-17(24(34)37-15-18-5-3-2-4-6-18)31-41(36,40-20-9-7-19(28)8-10-20)38-16-21-23(33)27(12-13-27)25(39-21)32-14-11-22(29)30-26(32)35/h2-11,14,17,21,23,25,33H,12-13,15-16H2,1H3,(H,31,36)(H2,29,30,35). The van der Waals surface area contributed by atoms with Gasteiger partial charge in [0.05, 0.1) is 12.7 Å². The van der Waals surface area contributed by atoms with Gasteiger partial charge in [-0.3, -0.25) is 13.9 Å². The molecule has 4 N–H and O–H groups in total. The number of nitrogens with two attached hydrogens (primary N) is 1. The number of aromatic nitrogens is 2. The van der Waals surface area contributed by atoms with E-state index in [0.29, 0.717) is 17.9 Å². The number of halogens is 1. The minimum absolute atomic E-state index is 0.0276. The molecule has 1 saturated heterocycles. The van der Waals surface area contributed by atoms with Crippen LogP contribution in [0.2, 0.25) is 5.02 Å². The topological polar surface area (TPSA) is 164 Å². The second-order valence-electron chi connectivity index (χ2n) is 10.0. The Morgan fingerprint density at radius 3 is 2.61 bits per heavy atom. The Labute approximate surface area is 240 Å². The highest BCUT2D eigenvalue weighted by molar-refractivity contribution is 7.52. The van der Waals surface area contributed by atoms with Gasteiger partial charge in [-0.2, -0.15) is 10.1 Å². The molecule has 5 atom stereocenters. The summed E-state index contributed by atoms with van der Waals surface area (Å²) in [5, 5.41) is 14.2. The van der Waals surface area contributed by atoms with Crippen LogP contribution >= 0.6 is 19.3 Å². The molecule has 0 bridgehead atoms. The Morgan fingerprint density at radius 1 is 1.24 bits per heavy atom. The quantitative estimate of drug-likeness (QED) is 0.217. The van der Waals surface area contributed by atoms with Crippen molar-refractivity contribution in [3.63, 3.8) is 0 Å². The predicted molar refractivity (Wildman–Crippen MR) is 149 cm³/mol. The molecule has 0 amide bonds. The summed E-state index contributed by atoms with van der Waals surface area (Å²) >= 11 is 5.96. The predicted octanol–water partition coefficient (Wildman–Crippen LogP) is 3.44. The maximum atomic E-state index is 13.9. The van der Waals surface area contributed by atoms with Gasteiger partial charge in [0.1, 0.15) is 36.5 Å². The lowest BCUT2D eigenvalue weighted by molar-refractivity contribution is -0.146. The number of nitrogens with zero attached hydrogens (tertiary/aromatic N) is 2. The number of anilines is 1. The van der Waals surface area contributed by atoms with Crippen LogP contribution in [0.15, 0.2) is 71.7 Å². The zero-order valence-corrected chi connectivity index (χ0v) is 23.7. The first kappa shape index (κ1) is 29.2. The van der Waals surface area contributed by atoms with Gasteiger partial charge in [0.15, 0.2) is 0 Å². The van der Waals surface area contributed by atoms with E-state index in [-0.39, 0.29) is 24.8 Å². The monoisotopic (exact) mass is 604 g/mol. The van der Waals surface area contributed by atoms with Crippen LogP contribution in [-0.2, 0) is 30.0 Å². The second kappa shape index (κ2) is 11.9. The van der Waals surface area contributed by atoms with Crippen LogP contribution in [0.5, 0.6) is 5.75 Å². The molecule has 14 heteroatoms. The smallest absolute Gasteiger partial charge is 0.459 e. The highest BCUT2D eigenvalue weighted by atomic mass is 35.5. The number of carbonyl (C=O) groups is 1. The Hall–Kier alpha value is -3.25. The summed E-state index contributed by atoms with van der Waals surface area (Å²) in [5.74, 6) is -0.446. The number of rotatable bonds is 11. The third kappa shape index (κ3) is 6.64. The van der Waals surface area contributed by atoms with Gasteiger partial charge in [0.25, 0.3) is 0 Å². The summed E-state index contributed by atoms with van der Waals surface area (Å²) in [6.07, 6.45) is -0.139. The van der Waals surface area contributed by atoms with Gasteiger partial charge in [0.2, 0.25) is 0 Å². The van der Waals surface area contributed by atoms with Crippen molar-refractivity contribution in [2.75, 3.05) is 12.3 Å². The number of hydrogen-bond acceptors (Lipinski definition) is 10. The Kier molecular flexibility index (Phi) is 8.51. The fraction of sp³-hybridized carbons (Fsp3) is 0.370. The lowest BCUT2D eigenvalue weighted by atomic mass is 9.96. The first-order valence-electron chi connectivity index (χ1n) is 12.9. The highest BCUT2D eigenvalue weighted by Crippen LogP contribution is 2.62. The summed E-state index contributed by atoms with van der Waals surface area (Å²) in [6.45, 7) is 1.12. The molecule has 41 heavy (non-hydrogen) atoms. The summed E-state index contributed by atoms with van der Waals surface area (Å²) in [6, 6.07) is 15.6. The molecule has 5 rings (SSSR count). The van der Waals surface area contributed by atoms with E-state index in [2.05, 4.69) is 10.1 Å². The summed E-state index contributed by atoms with van der Waals surface area (Å²) in [7, 11) is -4.25. The molecule has 2 fully saturated rings. The zero-order chi connectivity index (χ0) is 29.2. The van der Waals surface area contributed by atoms with Crippen LogP contribution in [0.1, 0.15) is 31.6 Å². The van der Waals surface area contributed by atoms with Crippen molar-refractivity contribution >= 4 is 31.1 Å². The van der Waals surface area contributed by atoms with Crippen LogP contribution < -0.4 is 21.0 Å². The van der Waals surface area contributed by atoms with Gasteiger partial charge >= 0.3 is 19.4 Å². The Morgan fingerprint density at radius 2 is 1.95 bits per heavy atom. The summed E-state index contributed by atoms with van der Waals surface area (Å²) in [4.78, 5) is 28.9. The molecule has 5 unspecified atom stereocenters. The maximum Gasteiger partial charge on any atom is 0.459 e. The number of hydrogen-bond donors (Lipinski definition) is 3. The molecular formula is C27H30ClN4O8P. The largest absolute Gasteiger partial charge is 0.460 e. The van der Waals surface area contributed by atoms with Crippen LogP contribution in [0, 0.1) is 5.41 Å². The molecule has 12 nitrogen and oxygen atoms in total. The van der Waals surface area contributed by atoms with Crippen molar-refractivity contribution in [1.82, 2.24) is 14.6 Å². The minimum Gasteiger partial charge on any atom is -0.460 e. The molecule has 1 aliphatic carbocycles. The molecule has 2 aromatic carbocycles. The molecular weight excluding hydrogens is 575 g/mol. The third-order valence-corrected chi connectivity index (χ3v) is 8.94. The number of nitrogens with one attached hydrogen (secondary N) is 1. The van der Waals surface area contributed by atoms with E-state index in [4.69, 9.17) is 35.9 Å². The van der Waals surface area contributed by atoms with Gasteiger partial charge in [-0.15, -0.1) is 0 Å². The highest BCUT2D eigenvalue weighted by Gasteiger charge is 2.64. The number of carbonyl (C=O) groups excluding carboxylic acids is 1. The number of aliphatic hydroxyl groups excluding tert-OH is 1. The normalized spacial score (nSPS) is 23.0. The zero-order valence-electron chi connectivity index (χ0n) is 22.1. The van der Waals surface area contributed by atoms with Crippen molar-refractivity contribution in [2.45, 2.75) is 50.8 Å². The average Bonchev–Trinajstić information content (AvgIpc) is 3.71. The first-order chi connectivity index (χ1) is 19.6. The summed E-state index contributed by atoms with van der Waals surface area (Å²) in [5.41, 5.74) is 5.06.